The predicted octanol–water partition coefficient (Wildman–Crippen LogP) is 2.89. The first-order valence-corrected chi connectivity index (χ1v) is 5.14. The fourth-order valence-corrected chi connectivity index (χ4v) is 1.89. The highest BCUT2D eigenvalue weighted by Crippen LogP contribution is 2.30. The van der Waals surface area contributed by atoms with Crippen LogP contribution >= 0.6 is 11.8 Å². The molecular formula is C10H11NS. The monoisotopic (exact) mass is 177 g/mol. The molecule has 0 aromatic heterocycles. The second-order valence-electron chi connectivity index (χ2n) is 2.93. The van der Waals surface area contributed by atoms with Crippen LogP contribution in [0.15, 0.2) is 35.4 Å². The normalized spacial score (nSPS) is 14.2. The van der Waals surface area contributed by atoms with Crippen LogP contribution in [0.3, 0.4) is 0 Å². The van der Waals surface area contributed by atoms with Crippen molar-refractivity contribution in [2.45, 2.75) is 11.3 Å². The van der Waals surface area contributed by atoms with Gasteiger partial charge in [-0.3, -0.25) is 0 Å². The summed E-state index contributed by atoms with van der Waals surface area (Å²) in [4.78, 5) is 1.32. The van der Waals surface area contributed by atoms with Crippen molar-refractivity contribution in [3.05, 3.63) is 36.0 Å². The fraction of sp³-hybridized carbons (Fsp3) is 0.200. The summed E-state index contributed by atoms with van der Waals surface area (Å²) in [5, 5.41) is 3.24. The zero-order valence-electron chi connectivity index (χ0n) is 7.05. The molecule has 2 heteroatoms. The van der Waals surface area contributed by atoms with Crippen LogP contribution in [0, 0.1) is 0 Å². The van der Waals surface area contributed by atoms with Gasteiger partial charge in [0.05, 0.1) is 0 Å². The van der Waals surface area contributed by atoms with Crippen LogP contribution in [0.2, 0.25) is 0 Å². The minimum absolute atomic E-state index is 0.976. The molecule has 1 aliphatic heterocycles. The fourth-order valence-electron chi connectivity index (χ4n) is 1.43. The minimum Gasteiger partial charge on any atom is -0.359 e. The molecule has 0 unspecified atom stereocenters. The molecule has 1 aromatic rings. The van der Waals surface area contributed by atoms with Gasteiger partial charge in [0.1, 0.15) is 0 Å². The minimum atomic E-state index is 0.976. The number of nitrogens with one attached hydrogen (secondary N) is 1. The molecule has 1 N–H and O–H groups in total. The van der Waals surface area contributed by atoms with Gasteiger partial charge >= 0.3 is 0 Å². The number of anilines is 1. The average Bonchev–Trinajstić information content (AvgIpc) is 2.43. The Hall–Kier alpha value is -0.890. The Kier molecular flexibility index (Phi) is 1.85. The van der Waals surface area contributed by atoms with Gasteiger partial charge in [-0.15, -0.1) is 11.8 Å². The number of fused-ring (bicyclic) bond motifs is 1. The zero-order valence-corrected chi connectivity index (χ0v) is 7.87. The van der Waals surface area contributed by atoms with E-state index in [0.717, 1.165) is 12.1 Å². The Morgan fingerprint density at radius 1 is 1.50 bits per heavy atom. The second kappa shape index (κ2) is 2.87. The van der Waals surface area contributed by atoms with E-state index in [1.807, 2.05) is 0 Å². The summed E-state index contributed by atoms with van der Waals surface area (Å²) < 4.78 is 0. The van der Waals surface area contributed by atoms with Gasteiger partial charge in [0.2, 0.25) is 0 Å². The third-order valence-electron chi connectivity index (χ3n) is 2.03. The van der Waals surface area contributed by atoms with Crippen LogP contribution in [-0.4, -0.2) is 6.26 Å². The van der Waals surface area contributed by atoms with Crippen LogP contribution in [0.4, 0.5) is 5.69 Å². The van der Waals surface area contributed by atoms with Crippen molar-refractivity contribution in [3.8, 4) is 0 Å². The third-order valence-corrected chi connectivity index (χ3v) is 2.75. The van der Waals surface area contributed by atoms with E-state index in [0.29, 0.717) is 0 Å². The smallest absolute Gasteiger partial charge is 0.0419 e. The number of benzene rings is 1. The maximum Gasteiger partial charge on any atom is 0.0419 e. The van der Waals surface area contributed by atoms with Gasteiger partial charge in [-0.1, -0.05) is 6.58 Å². The molecule has 0 saturated heterocycles. The molecule has 0 amide bonds. The molecule has 12 heavy (non-hydrogen) atoms. The number of thioether (sulfide) groups is 1. The molecule has 0 bridgehead atoms. The Balaban J connectivity index is 2.41. The van der Waals surface area contributed by atoms with Crippen LogP contribution < -0.4 is 5.32 Å². The van der Waals surface area contributed by atoms with E-state index in [9.17, 15) is 0 Å². The van der Waals surface area contributed by atoms with Crippen LogP contribution in [0.25, 0.3) is 0 Å². The van der Waals surface area contributed by atoms with E-state index in [4.69, 9.17) is 0 Å². The lowest BCUT2D eigenvalue weighted by Gasteiger charge is -2.00. The molecular weight excluding hydrogens is 166 g/mol. The molecule has 0 fully saturated rings. The van der Waals surface area contributed by atoms with Gasteiger partial charge < -0.3 is 5.32 Å². The van der Waals surface area contributed by atoms with Crippen LogP contribution in [0.1, 0.15) is 5.56 Å². The second-order valence-corrected chi connectivity index (χ2v) is 3.81. The van der Waals surface area contributed by atoms with Gasteiger partial charge in [-0.2, -0.15) is 0 Å². The Bertz CT molecular complexity index is 331. The van der Waals surface area contributed by atoms with Crippen molar-refractivity contribution in [1.82, 2.24) is 0 Å². The van der Waals surface area contributed by atoms with E-state index in [-0.39, 0.29) is 0 Å². The Morgan fingerprint density at radius 2 is 2.33 bits per heavy atom. The van der Waals surface area contributed by atoms with Gasteiger partial charge in [0.25, 0.3) is 0 Å². The first-order valence-electron chi connectivity index (χ1n) is 3.91. The molecule has 0 aliphatic carbocycles. The summed E-state index contributed by atoms with van der Waals surface area (Å²) in [5.41, 5.74) is 3.69. The van der Waals surface area contributed by atoms with E-state index in [1.165, 1.54) is 16.1 Å². The summed E-state index contributed by atoms with van der Waals surface area (Å²) in [6.45, 7) is 3.91. The summed E-state index contributed by atoms with van der Waals surface area (Å²) >= 11 is 1.78. The molecule has 0 spiro atoms. The Morgan fingerprint density at radius 3 is 3.08 bits per heavy atom. The molecule has 1 heterocycles. The topological polar surface area (TPSA) is 12.0 Å². The van der Waals surface area contributed by atoms with Crippen molar-refractivity contribution in [1.29, 1.82) is 0 Å². The standard InChI is InChI=1S/C10H11NS/c1-7-5-8-6-9(12-2)3-4-10(8)11-7/h3-4,6,11H,1,5H2,2H3. The summed E-state index contributed by atoms with van der Waals surface area (Å²) in [7, 11) is 0. The maximum atomic E-state index is 3.91. The SMILES string of the molecule is C=C1Cc2cc(SC)ccc2N1. The van der Waals surface area contributed by atoms with Crippen LogP contribution in [0.5, 0.6) is 0 Å². The largest absolute Gasteiger partial charge is 0.359 e. The molecule has 2 rings (SSSR count). The molecule has 1 aliphatic rings. The molecule has 1 aromatic carbocycles. The maximum absolute atomic E-state index is 3.91. The average molecular weight is 177 g/mol. The zero-order chi connectivity index (χ0) is 8.55. The van der Waals surface area contributed by atoms with Gasteiger partial charge in [0.15, 0.2) is 0 Å². The number of rotatable bonds is 1. The number of hydrogen-bond acceptors (Lipinski definition) is 2. The summed E-state index contributed by atoms with van der Waals surface area (Å²) in [6, 6.07) is 6.49. The van der Waals surface area contributed by atoms with E-state index in [1.54, 1.807) is 11.8 Å². The lowest BCUT2D eigenvalue weighted by molar-refractivity contribution is 1.24. The van der Waals surface area contributed by atoms with Crippen molar-refractivity contribution in [3.63, 3.8) is 0 Å². The van der Waals surface area contributed by atoms with E-state index in [2.05, 4.69) is 36.4 Å². The molecule has 1 nitrogen and oxygen atoms in total. The van der Waals surface area contributed by atoms with Gasteiger partial charge in [-0.25, -0.2) is 0 Å². The lowest BCUT2D eigenvalue weighted by atomic mass is 10.1. The molecule has 0 atom stereocenters. The highest BCUT2D eigenvalue weighted by atomic mass is 32.2. The molecule has 0 radical (unpaired) electrons. The first-order chi connectivity index (χ1) is 5.79. The summed E-state index contributed by atoms with van der Waals surface area (Å²) in [5.74, 6) is 0. The van der Waals surface area contributed by atoms with Gasteiger partial charge in [-0.05, 0) is 30.0 Å². The quantitative estimate of drug-likeness (QED) is 0.662. The Labute approximate surface area is 76.9 Å². The van der Waals surface area contributed by atoms with Crippen molar-refractivity contribution < 1.29 is 0 Å². The highest BCUT2D eigenvalue weighted by molar-refractivity contribution is 7.98. The van der Waals surface area contributed by atoms with E-state index >= 15 is 0 Å². The molecule has 0 saturated carbocycles. The molecule has 62 valence electrons. The van der Waals surface area contributed by atoms with Crippen molar-refractivity contribution >= 4 is 17.4 Å². The first kappa shape index (κ1) is 7.74. The van der Waals surface area contributed by atoms with Gasteiger partial charge in [0, 0.05) is 22.7 Å². The number of allylic oxidation sites excluding steroid dienone is 1. The number of hydrogen-bond donors (Lipinski definition) is 1. The van der Waals surface area contributed by atoms with E-state index < -0.39 is 0 Å². The lowest BCUT2D eigenvalue weighted by Crippen LogP contribution is -1.86. The third kappa shape index (κ3) is 1.23. The highest BCUT2D eigenvalue weighted by Gasteiger charge is 2.12. The van der Waals surface area contributed by atoms with Crippen molar-refractivity contribution in [2.75, 3.05) is 11.6 Å². The summed E-state index contributed by atoms with van der Waals surface area (Å²) in [6.07, 6.45) is 3.07. The predicted molar refractivity (Wildman–Crippen MR) is 54.7 cm³/mol. The van der Waals surface area contributed by atoms with Crippen molar-refractivity contribution in [2.24, 2.45) is 0 Å². The van der Waals surface area contributed by atoms with Crippen LogP contribution in [-0.2, 0) is 6.42 Å².